The van der Waals surface area contributed by atoms with Gasteiger partial charge in [0.1, 0.15) is 0 Å². The van der Waals surface area contributed by atoms with Gasteiger partial charge in [0.2, 0.25) is 0 Å². The highest BCUT2D eigenvalue weighted by Crippen LogP contribution is 2.26. The second-order valence-corrected chi connectivity index (χ2v) is 8.32. The Morgan fingerprint density at radius 1 is 1.09 bits per heavy atom. The first-order chi connectivity index (χ1) is 15.4. The third-order valence-electron chi connectivity index (χ3n) is 6.41. The molecule has 2 heterocycles. The number of pyridine rings is 1. The van der Waals surface area contributed by atoms with Gasteiger partial charge in [-0.3, -0.25) is 9.59 Å². The molecule has 2 N–H and O–H groups in total. The summed E-state index contributed by atoms with van der Waals surface area (Å²) in [6.07, 6.45) is 0. The summed E-state index contributed by atoms with van der Waals surface area (Å²) in [5.74, 6) is -0.996. The molecule has 168 valence electrons. The van der Waals surface area contributed by atoms with Crippen LogP contribution in [0.4, 0.5) is 5.69 Å². The molecule has 1 fully saturated rings. The second-order valence-electron chi connectivity index (χ2n) is 8.32. The van der Waals surface area contributed by atoms with Gasteiger partial charge in [0.25, 0.3) is 11.5 Å². The second kappa shape index (κ2) is 9.04. The normalized spacial score (nSPS) is 15.7. The minimum atomic E-state index is -0.588. The Labute approximate surface area is 187 Å². The molecule has 0 spiro atoms. The van der Waals surface area contributed by atoms with Crippen molar-refractivity contribution in [2.45, 2.75) is 19.9 Å². The van der Waals surface area contributed by atoms with Gasteiger partial charge in [-0.2, -0.15) is 0 Å². The van der Waals surface area contributed by atoms with Crippen LogP contribution in [-0.4, -0.2) is 53.2 Å². The summed E-state index contributed by atoms with van der Waals surface area (Å²) in [5, 5.41) is 14.0. The Hall–Kier alpha value is -3.32. The van der Waals surface area contributed by atoms with Crippen molar-refractivity contribution in [1.82, 2.24) is 14.8 Å². The highest BCUT2D eigenvalue weighted by molar-refractivity contribution is 6.08. The molecule has 3 aromatic rings. The van der Waals surface area contributed by atoms with Crippen molar-refractivity contribution in [3.05, 3.63) is 70.0 Å². The lowest BCUT2D eigenvalue weighted by atomic mass is 10.0. The number of anilines is 1. The first-order valence-electron chi connectivity index (χ1n) is 11.1. The highest BCUT2D eigenvalue weighted by Gasteiger charge is 2.22. The number of rotatable bonds is 5. The maximum absolute atomic E-state index is 13.1. The van der Waals surface area contributed by atoms with Crippen LogP contribution in [0, 0.1) is 0 Å². The Morgan fingerprint density at radius 3 is 2.53 bits per heavy atom. The molecule has 1 atom stereocenters. The largest absolute Gasteiger partial charge is 0.502 e. The molecule has 1 aliphatic rings. The van der Waals surface area contributed by atoms with Crippen LogP contribution in [0.25, 0.3) is 10.9 Å². The molecule has 4 rings (SSSR count). The van der Waals surface area contributed by atoms with E-state index >= 15 is 0 Å². The summed E-state index contributed by atoms with van der Waals surface area (Å²) in [7, 11) is 1.58. The van der Waals surface area contributed by atoms with Crippen molar-refractivity contribution >= 4 is 22.5 Å². The van der Waals surface area contributed by atoms with Crippen LogP contribution in [0.1, 0.15) is 35.8 Å². The highest BCUT2D eigenvalue weighted by atomic mass is 16.3. The molecule has 0 radical (unpaired) electrons. The molecule has 7 nitrogen and oxygen atoms in total. The summed E-state index contributed by atoms with van der Waals surface area (Å²) < 4.78 is 1.35. The number of aromatic nitrogens is 1. The van der Waals surface area contributed by atoms with E-state index in [1.807, 2.05) is 19.1 Å². The number of piperazine rings is 1. The zero-order chi connectivity index (χ0) is 22.8. The van der Waals surface area contributed by atoms with Crippen molar-refractivity contribution in [2.24, 2.45) is 7.05 Å². The smallest absolute Gasteiger partial charge is 0.293 e. The van der Waals surface area contributed by atoms with Crippen molar-refractivity contribution in [3.63, 3.8) is 0 Å². The van der Waals surface area contributed by atoms with Crippen LogP contribution in [0.2, 0.25) is 0 Å². The van der Waals surface area contributed by atoms with E-state index < -0.39 is 17.2 Å². The number of carbonyl (C=O) groups is 1. The molecule has 0 saturated carbocycles. The fourth-order valence-electron chi connectivity index (χ4n) is 4.38. The molecule has 1 unspecified atom stereocenters. The third kappa shape index (κ3) is 4.08. The first kappa shape index (κ1) is 21.9. The lowest BCUT2D eigenvalue weighted by Gasteiger charge is -2.35. The van der Waals surface area contributed by atoms with Crippen LogP contribution in [0.15, 0.2) is 53.3 Å². The fourth-order valence-corrected chi connectivity index (χ4v) is 4.38. The maximum Gasteiger partial charge on any atom is 0.293 e. The zero-order valence-corrected chi connectivity index (χ0v) is 18.8. The molecule has 1 aromatic heterocycles. The summed E-state index contributed by atoms with van der Waals surface area (Å²) in [6.45, 7) is 9.21. The van der Waals surface area contributed by atoms with Gasteiger partial charge in [0.15, 0.2) is 5.75 Å². The number of benzene rings is 2. The van der Waals surface area contributed by atoms with Gasteiger partial charge in [-0.25, -0.2) is 0 Å². The quantitative estimate of drug-likeness (QED) is 0.646. The Morgan fingerprint density at radius 2 is 1.81 bits per heavy atom. The molecule has 1 amide bonds. The molecule has 1 saturated heterocycles. The SMILES string of the molecule is CCN1CCN(c2cccc(C(C)NC(=O)c3c(O)c(=O)n(C)c4ccccc34)c2)CC1. The van der Waals surface area contributed by atoms with Gasteiger partial charge in [0.05, 0.1) is 17.1 Å². The van der Waals surface area contributed by atoms with E-state index in [2.05, 4.69) is 34.2 Å². The van der Waals surface area contributed by atoms with Gasteiger partial charge < -0.3 is 24.8 Å². The van der Waals surface area contributed by atoms with Gasteiger partial charge >= 0.3 is 0 Å². The molecule has 2 aromatic carbocycles. The lowest BCUT2D eigenvalue weighted by molar-refractivity contribution is 0.0938. The Bertz CT molecular complexity index is 1200. The van der Waals surface area contributed by atoms with E-state index in [1.165, 1.54) is 4.57 Å². The van der Waals surface area contributed by atoms with E-state index in [0.717, 1.165) is 44.0 Å². The minimum absolute atomic E-state index is 0.0161. The summed E-state index contributed by atoms with van der Waals surface area (Å²) in [4.78, 5) is 30.4. The maximum atomic E-state index is 13.1. The topological polar surface area (TPSA) is 77.8 Å². The molecule has 0 aliphatic carbocycles. The number of nitrogens with zero attached hydrogens (tertiary/aromatic N) is 3. The van der Waals surface area contributed by atoms with E-state index in [9.17, 15) is 14.7 Å². The van der Waals surface area contributed by atoms with Crippen LogP contribution in [-0.2, 0) is 7.05 Å². The van der Waals surface area contributed by atoms with Gasteiger partial charge in [-0.1, -0.05) is 37.3 Å². The van der Waals surface area contributed by atoms with E-state index in [0.29, 0.717) is 10.9 Å². The average molecular weight is 435 g/mol. The molecule has 7 heteroatoms. The molecule has 0 bridgehead atoms. The van der Waals surface area contributed by atoms with Gasteiger partial charge in [0, 0.05) is 44.3 Å². The molecule has 32 heavy (non-hydrogen) atoms. The van der Waals surface area contributed by atoms with E-state index in [4.69, 9.17) is 0 Å². The fraction of sp³-hybridized carbons (Fsp3) is 0.360. The number of aromatic hydroxyl groups is 1. The number of nitrogens with one attached hydrogen (secondary N) is 1. The summed E-state index contributed by atoms with van der Waals surface area (Å²) in [6, 6.07) is 15.0. The number of likely N-dealkylation sites (N-methyl/N-ethyl adjacent to an activating group) is 1. The predicted molar refractivity (Wildman–Crippen MR) is 128 cm³/mol. The third-order valence-corrected chi connectivity index (χ3v) is 6.41. The molecular weight excluding hydrogens is 404 g/mol. The average Bonchev–Trinajstić information content (AvgIpc) is 2.83. The first-order valence-corrected chi connectivity index (χ1v) is 11.1. The van der Waals surface area contributed by atoms with Crippen molar-refractivity contribution in [3.8, 4) is 5.75 Å². The van der Waals surface area contributed by atoms with E-state index in [-0.39, 0.29) is 11.6 Å². The minimum Gasteiger partial charge on any atom is -0.502 e. The van der Waals surface area contributed by atoms with Crippen molar-refractivity contribution in [1.29, 1.82) is 0 Å². The van der Waals surface area contributed by atoms with Gasteiger partial charge in [-0.05, 0) is 37.2 Å². The van der Waals surface area contributed by atoms with Crippen LogP contribution in [0.5, 0.6) is 5.75 Å². The van der Waals surface area contributed by atoms with Crippen molar-refractivity contribution in [2.75, 3.05) is 37.6 Å². The number of carbonyl (C=O) groups excluding carboxylic acids is 1. The lowest BCUT2D eigenvalue weighted by Crippen LogP contribution is -2.46. The van der Waals surface area contributed by atoms with Crippen molar-refractivity contribution < 1.29 is 9.90 Å². The number of hydrogen-bond acceptors (Lipinski definition) is 5. The van der Waals surface area contributed by atoms with E-state index in [1.54, 1.807) is 31.3 Å². The standard InChI is InChI=1S/C25H30N4O3/c1-4-28-12-14-29(15-13-28)19-9-7-8-18(16-19)17(2)26-24(31)22-20-10-5-6-11-21(20)27(3)25(32)23(22)30/h5-11,16-17,30H,4,12-15H2,1-3H3,(H,26,31). The summed E-state index contributed by atoms with van der Waals surface area (Å²) in [5.41, 5.74) is 2.14. The Balaban J connectivity index is 1.57. The predicted octanol–water partition coefficient (Wildman–Crippen LogP) is 2.88. The molecular formula is C25H30N4O3. The number of fused-ring (bicyclic) bond motifs is 1. The van der Waals surface area contributed by atoms with Crippen LogP contribution < -0.4 is 15.8 Å². The summed E-state index contributed by atoms with van der Waals surface area (Å²) >= 11 is 0. The Kier molecular flexibility index (Phi) is 6.19. The number of hydrogen-bond donors (Lipinski definition) is 2. The molecule has 1 aliphatic heterocycles. The van der Waals surface area contributed by atoms with Crippen LogP contribution >= 0.6 is 0 Å². The van der Waals surface area contributed by atoms with Crippen LogP contribution in [0.3, 0.4) is 0 Å². The monoisotopic (exact) mass is 434 g/mol. The number of aryl methyl sites for hydroxylation is 1. The van der Waals surface area contributed by atoms with Gasteiger partial charge in [-0.15, -0.1) is 0 Å². The zero-order valence-electron chi connectivity index (χ0n) is 18.8. The number of para-hydroxylation sites is 1. The number of amides is 1.